The van der Waals surface area contributed by atoms with Gasteiger partial charge in [-0.3, -0.25) is 4.79 Å². The van der Waals surface area contributed by atoms with E-state index >= 15 is 0 Å². The molecule has 27 heavy (non-hydrogen) atoms. The van der Waals surface area contributed by atoms with Crippen molar-refractivity contribution >= 4 is 15.6 Å². The Bertz CT molecular complexity index is 1110. The Hall–Kier alpha value is -2.94. The number of aryl methyl sites for hydroxylation is 1. The van der Waals surface area contributed by atoms with Gasteiger partial charge in [0.25, 0.3) is 5.91 Å². The highest BCUT2D eigenvalue weighted by Gasteiger charge is 2.16. The Morgan fingerprint density at radius 1 is 1.19 bits per heavy atom. The average Bonchev–Trinajstić information content (AvgIpc) is 3.04. The molecule has 0 spiro atoms. The highest BCUT2D eigenvalue weighted by Crippen LogP contribution is 2.19. The molecule has 1 amide bonds. The molecule has 0 fully saturated rings. The molecule has 0 saturated carbocycles. The van der Waals surface area contributed by atoms with Gasteiger partial charge < -0.3 is 4.52 Å². The van der Waals surface area contributed by atoms with Crippen molar-refractivity contribution in [1.82, 2.24) is 10.1 Å². The van der Waals surface area contributed by atoms with Crippen molar-refractivity contribution in [1.29, 1.82) is 0 Å². The van der Waals surface area contributed by atoms with Gasteiger partial charge in [0.2, 0.25) is 11.7 Å². The number of hydrogen-bond acceptors (Lipinski definition) is 5. The third kappa shape index (κ3) is 4.43. The van der Waals surface area contributed by atoms with Gasteiger partial charge in [-0.15, -0.1) is 0 Å². The zero-order valence-electron chi connectivity index (χ0n) is 14.5. The van der Waals surface area contributed by atoms with E-state index in [0.717, 1.165) is 12.1 Å². The minimum Gasteiger partial charge on any atom is -0.339 e. The summed E-state index contributed by atoms with van der Waals surface area (Å²) in [6, 6.07) is 9.57. The van der Waals surface area contributed by atoms with E-state index in [-0.39, 0.29) is 11.1 Å². The summed E-state index contributed by atoms with van der Waals surface area (Å²) in [6.07, 6.45) is 1.18. The number of aromatic nitrogens is 2. The van der Waals surface area contributed by atoms with Gasteiger partial charge in [0.1, 0.15) is 11.6 Å². The number of carbonyl (C=O) groups excluding carboxylic acids is 1. The molecule has 0 aliphatic carbocycles. The lowest BCUT2D eigenvalue weighted by Crippen LogP contribution is -2.09. The van der Waals surface area contributed by atoms with Crippen LogP contribution in [0.1, 0.15) is 21.8 Å². The number of hydrogen-bond donors (Lipinski definition) is 0. The highest BCUT2D eigenvalue weighted by molar-refractivity contribution is 7.92. The summed E-state index contributed by atoms with van der Waals surface area (Å²) in [4.78, 5) is 16.5. The van der Waals surface area contributed by atoms with E-state index in [1.165, 1.54) is 24.5 Å². The summed E-state index contributed by atoms with van der Waals surface area (Å²) in [5.74, 6) is -2.27. The predicted molar refractivity (Wildman–Crippen MR) is 95.4 cm³/mol. The lowest BCUT2D eigenvalue weighted by Gasteiger charge is -2.07. The molecule has 0 aliphatic heterocycles. The first kappa shape index (κ1) is 18.8. The summed E-state index contributed by atoms with van der Waals surface area (Å²) in [5.41, 5.74) is 0.312. The fourth-order valence-corrected chi connectivity index (χ4v) is 3.74. The van der Waals surface area contributed by atoms with Gasteiger partial charge in [-0.05, 0) is 24.3 Å². The Morgan fingerprint density at radius 3 is 2.48 bits per heavy atom. The van der Waals surface area contributed by atoms with E-state index < -0.39 is 33.0 Å². The molecule has 3 aromatic rings. The zero-order valence-corrected chi connectivity index (χ0v) is 15.3. The van der Waals surface area contributed by atoms with Gasteiger partial charge in [-0.1, -0.05) is 23.4 Å². The lowest BCUT2D eigenvalue weighted by molar-refractivity contribution is 0.100. The normalized spacial score (nSPS) is 13.2. The summed E-state index contributed by atoms with van der Waals surface area (Å²) in [5, 5.41) is 3.77. The minimum absolute atomic E-state index is 0.151. The van der Waals surface area contributed by atoms with Crippen LogP contribution in [-0.2, 0) is 15.5 Å². The monoisotopic (exact) mass is 391 g/mol. The molecule has 1 atom stereocenters. The summed E-state index contributed by atoms with van der Waals surface area (Å²) < 4.78 is 48.8. The number of rotatable bonds is 4. The Kier molecular flexibility index (Phi) is 5.13. The van der Waals surface area contributed by atoms with Crippen molar-refractivity contribution in [3.63, 3.8) is 0 Å². The Labute approximate surface area is 154 Å². The van der Waals surface area contributed by atoms with E-state index in [0.29, 0.717) is 17.3 Å². The van der Waals surface area contributed by atoms with E-state index in [2.05, 4.69) is 14.5 Å². The fraction of sp³-hybridized carbons (Fsp3) is 0.167. The second-order valence-electron chi connectivity index (χ2n) is 5.92. The largest absolute Gasteiger partial charge is 0.339 e. The molecule has 0 bridgehead atoms. The van der Waals surface area contributed by atoms with Gasteiger partial charge in [-0.2, -0.15) is 9.35 Å². The quantitative estimate of drug-likeness (QED) is 0.676. The predicted octanol–water partition coefficient (Wildman–Crippen LogP) is 3.76. The third-order valence-corrected chi connectivity index (χ3v) is 5.02. The van der Waals surface area contributed by atoms with Crippen molar-refractivity contribution in [2.75, 3.05) is 6.26 Å². The van der Waals surface area contributed by atoms with Gasteiger partial charge in [0.05, 0.1) is 15.5 Å². The van der Waals surface area contributed by atoms with Crippen LogP contribution in [0.25, 0.3) is 11.4 Å². The summed E-state index contributed by atoms with van der Waals surface area (Å²) in [7, 11) is -3.20. The molecule has 3 rings (SSSR count). The number of benzene rings is 2. The second-order valence-corrected chi connectivity index (χ2v) is 8.31. The van der Waals surface area contributed by atoms with Crippen LogP contribution in [0.4, 0.5) is 8.78 Å². The standard InChI is InChI=1S/C18H15F2N3O3S/c1-11-21-17(22-26-11)12-5-3-6-13(9-12)18(24)23-27(2,25)10-14-15(19)7-4-8-16(14)20/h3-9H,10H2,1-2H3. The first-order chi connectivity index (χ1) is 12.7. The maximum atomic E-state index is 13.8. The Balaban J connectivity index is 1.90. The van der Waals surface area contributed by atoms with Gasteiger partial charge in [0.15, 0.2) is 0 Å². The third-order valence-electron chi connectivity index (χ3n) is 3.65. The van der Waals surface area contributed by atoms with E-state index in [4.69, 9.17) is 4.52 Å². The van der Waals surface area contributed by atoms with Crippen LogP contribution in [0.2, 0.25) is 0 Å². The smallest absolute Gasteiger partial charge is 0.285 e. The number of amides is 1. The maximum absolute atomic E-state index is 13.8. The molecule has 9 heteroatoms. The molecule has 1 unspecified atom stereocenters. The first-order valence-corrected chi connectivity index (χ1v) is 9.92. The summed E-state index contributed by atoms with van der Waals surface area (Å²) in [6.45, 7) is 1.63. The topological polar surface area (TPSA) is 85.4 Å². The van der Waals surface area contributed by atoms with E-state index in [1.807, 2.05) is 0 Å². The molecule has 0 aliphatic rings. The molecule has 0 N–H and O–H groups in total. The van der Waals surface area contributed by atoms with E-state index in [9.17, 15) is 17.8 Å². The van der Waals surface area contributed by atoms with Crippen LogP contribution < -0.4 is 0 Å². The SMILES string of the molecule is Cc1nc(-c2cccc(C(=O)N=S(C)(=O)Cc3c(F)cccc3F)c2)no1. The van der Waals surface area contributed by atoms with Crippen molar-refractivity contribution in [2.45, 2.75) is 12.7 Å². The van der Waals surface area contributed by atoms with Gasteiger partial charge >= 0.3 is 0 Å². The van der Waals surface area contributed by atoms with Crippen LogP contribution in [0, 0.1) is 18.6 Å². The van der Waals surface area contributed by atoms with Crippen LogP contribution in [-0.4, -0.2) is 26.5 Å². The highest BCUT2D eigenvalue weighted by atomic mass is 32.2. The van der Waals surface area contributed by atoms with Crippen LogP contribution in [0.3, 0.4) is 0 Å². The lowest BCUT2D eigenvalue weighted by atomic mass is 10.1. The van der Waals surface area contributed by atoms with Crippen LogP contribution >= 0.6 is 0 Å². The maximum Gasteiger partial charge on any atom is 0.285 e. The number of nitrogens with zero attached hydrogens (tertiary/aromatic N) is 3. The molecule has 1 aromatic heterocycles. The Morgan fingerprint density at radius 2 is 1.85 bits per heavy atom. The van der Waals surface area contributed by atoms with Crippen molar-refractivity contribution in [3.8, 4) is 11.4 Å². The van der Waals surface area contributed by atoms with Crippen LogP contribution in [0.5, 0.6) is 0 Å². The molecular weight excluding hydrogens is 376 g/mol. The fourth-order valence-electron chi connectivity index (χ4n) is 2.41. The van der Waals surface area contributed by atoms with Crippen molar-refractivity contribution < 1.29 is 22.3 Å². The van der Waals surface area contributed by atoms with Crippen LogP contribution in [0.15, 0.2) is 51.4 Å². The van der Waals surface area contributed by atoms with Crippen molar-refractivity contribution in [2.24, 2.45) is 4.36 Å². The molecule has 140 valence electrons. The molecule has 0 saturated heterocycles. The molecule has 6 nitrogen and oxygen atoms in total. The minimum atomic E-state index is -3.20. The molecule has 0 radical (unpaired) electrons. The van der Waals surface area contributed by atoms with Gasteiger partial charge in [0, 0.05) is 29.9 Å². The second kappa shape index (κ2) is 7.36. The first-order valence-electron chi connectivity index (χ1n) is 7.83. The number of halogens is 2. The van der Waals surface area contributed by atoms with Crippen molar-refractivity contribution in [3.05, 3.63) is 71.1 Å². The average molecular weight is 391 g/mol. The zero-order chi connectivity index (χ0) is 19.6. The van der Waals surface area contributed by atoms with E-state index in [1.54, 1.807) is 19.1 Å². The molecule has 2 aromatic carbocycles. The number of carbonyl (C=O) groups is 1. The molecular formula is C18H15F2N3O3S. The summed E-state index contributed by atoms with van der Waals surface area (Å²) >= 11 is 0. The van der Waals surface area contributed by atoms with Gasteiger partial charge in [-0.25, -0.2) is 13.0 Å². The molecule has 1 heterocycles.